The monoisotopic (exact) mass is 174 g/mol. The van der Waals surface area contributed by atoms with Gasteiger partial charge in [0.15, 0.2) is 0 Å². The molecule has 3 atom stereocenters. The van der Waals surface area contributed by atoms with Crippen LogP contribution >= 0.6 is 0 Å². The number of carbonyl (C=O) groups excluding carboxylic acids is 1. The Bertz CT molecular complexity index is 303. The zero-order valence-corrected chi connectivity index (χ0v) is 7.92. The summed E-state index contributed by atoms with van der Waals surface area (Å²) >= 11 is 0. The van der Waals surface area contributed by atoms with Crippen molar-refractivity contribution in [3.8, 4) is 11.8 Å². The predicted octanol–water partition coefficient (Wildman–Crippen LogP) is 2.18. The van der Waals surface area contributed by atoms with Crippen LogP contribution in [0.2, 0.25) is 0 Å². The maximum Gasteiger partial charge on any atom is 0.209 e. The third kappa shape index (κ3) is 1.67. The van der Waals surface area contributed by atoms with Crippen molar-refractivity contribution >= 4 is 5.78 Å². The third-order valence-electron chi connectivity index (χ3n) is 2.98. The number of ketones is 1. The standard InChI is InChI=1S/C12H14O/c1-9-6-7-10-4-2-3-5-12(13)11(10)8-9/h6-7,9-11H,2,4,8H2,1H3/t9-,10+,11-/m1/s1. The molecule has 0 aromatic rings. The first kappa shape index (κ1) is 8.56. The zero-order chi connectivity index (χ0) is 9.26. The number of allylic oxidation sites excluding steroid dienone is 2. The molecule has 0 radical (unpaired) electrons. The van der Waals surface area contributed by atoms with Crippen LogP contribution in [0.15, 0.2) is 12.2 Å². The Balaban J connectivity index is 2.23. The van der Waals surface area contributed by atoms with Gasteiger partial charge in [-0.1, -0.05) is 25.0 Å². The summed E-state index contributed by atoms with van der Waals surface area (Å²) in [6.45, 7) is 2.16. The molecule has 0 amide bonds. The summed E-state index contributed by atoms with van der Waals surface area (Å²) in [5, 5.41) is 0. The van der Waals surface area contributed by atoms with E-state index in [-0.39, 0.29) is 11.7 Å². The minimum Gasteiger partial charge on any atom is -0.285 e. The molecule has 68 valence electrons. The summed E-state index contributed by atoms with van der Waals surface area (Å²) in [7, 11) is 0. The predicted molar refractivity (Wildman–Crippen MR) is 51.9 cm³/mol. The Morgan fingerprint density at radius 2 is 2.31 bits per heavy atom. The van der Waals surface area contributed by atoms with E-state index in [1.807, 2.05) is 0 Å². The van der Waals surface area contributed by atoms with Crippen LogP contribution in [0.5, 0.6) is 0 Å². The molecule has 13 heavy (non-hydrogen) atoms. The lowest BCUT2D eigenvalue weighted by molar-refractivity contribution is -0.119. The maximum atomic E-state index is 11.6. The lowest BCUT2D eigenvalue weighted by Gasteiger charge is -2.26. The molecule has 2 rings (SSSR count). The van der Waals surface area contributed by atoms with Gasteiger partial charge in [0.25, 0.3) is 0 Å². The molecule has 0 aliphatic heterocycles. The van der Waals surface area contributed by atoms with Crippen LogP contribution in [0.1, 0.15) is 26.2 Å². The molecule has 0 fully saturated rings. The smallest absolute Gasteiger partial charge is 0.209 e. The van der Waals surface area contributed by atoms with Crippen LogP contribution in [0.25, 0.3) is 0 Å². The lowest BCUT2D eigenvalue weighted by atomic mass is 9.76. The van der Waals surface area contributed by atoms with Crippen LogP contribution in [0.3, 0.4) is 0 Å². The molecule has 0 aromatic carbocycles. The van der Waals surface area contributed by atoms with E-state index in [1.54, 1.807) is 0 Å². The van der Waals surface area contributed by atoms with Gasteiger partial charge in [-0.25, -0.2) is 0 Å². The fraction of sp³-hybridized carbons (Fsp3) is 0.583. The van der Waals surface area contributed by atoms with E-state index < -0.39 is 0 Å². The lowest BCUT2D eigenvalue weighted by Crippen LogP contribution is -2.25. The van der Waals surface area contributed by atoms with E-state index in [1.165, 1.54) is 0 Å². The van der Waals surface area contributed by atoms with Gasteiger partial charge in [0.1, 0.15) is 0 Å². The van der Waals surface area contributed by atoms with Crippen molar-refractivity contribution in [1.82, 2.24) is 0 Å². The number of hydrogen-bond acceptors (Lipinski definition) is 1. The largest absolute Gasteiger partial charge is 0.285 e. The van der Waals surface area contributed by atoms with Crippen molar-refractivity contribution in [2.45, 2.75) is 26.2 Å². The van der Waals surface area contributed by atoms with E-state index in [0.29, 0.717) is 11.8 Å². The molecular formula is C12H14O. The number of Topliss-reactive ketones (excluding diaryl/α,β-unsaturated/α-hetero) is 1. The summed E-state index contributed by atoms with van der Waals surface area (Å²) in [5.74, 6) is 7.03. The van der Waals surface area contributed by atoms with Crippen molar-refractivity contribution < 1.29 is 4.79 Å². The second-order valence-electron chi connectivity index (χ2n) is 4.07. The molecule has 0 heterocycles. The zero-order valence-electron chi connectivity index (χ0n) is 7.92. The van der Waals surface area contributed by atoms with Crippen molar-refractivity contribution in [3.63, 3.8) is 0 Å². The van der Waals surface area contributed by atoms with Crippen LogP contribution in [-0.2, 0) is 4.79 Å². The summed E-state index contributed by atoms with van der Waals surface area (Å²) in [6.07, 6.45) is 7.39. The first-order valence-electron chi connectivity index (χ1n) is 4.98. The Kier molecular flexibility index (Phi) is 2.22. The van der Waals surface area contributed by atoms with E-state index in [0.717, 1.165) is 19.3 Å². The summed E-state index contributed by atoms with van der Waals surface area (Å²) in [4.78, 5) is 11.6. The molecular weight excluding hydrogens is 160 g/mol. The first-order chi connectivity index (χ1) is 6.27. The van der Waals surface area contributed by atoms with Gasteiger partial charge in [0.05, 0.1) is 0 Å². The Labute approximate surface area is 79.2 Å². The average molecular weight is 174 g/mol. The topological polar surface area (TPSA) is 17.1 Å². The molecule has 0 aromatic heterocycles. The molecule has 0 unspecified atom stereocenters. The Morgan fingerprint density at radius 3 is 3.15 bits per heavy atom. The second-order valence-corrected chi connectivity index (χ2v) is 4.07. The molecule has 1 heteroatoms. The van der Waals surface area contributed by atoms with E-state index in [4.69, 9.17) is 0 Å². The summed E-state index contributed by atoms with van der Waals surface area (Å²) in [5.41, 5.74) is 0. The highest BCUT2D eigenvalue weighted by Gasteiger charge is 2.30. The number of hydrogen-bond donors (Lipinski definition) is 0. The second kappa shape index (κ2) is 3.38. The quantitative estimate of drug-likeness (QED) is 0.312. The van der Waals surface area contributed by atoms with Gasteiger partial charge in [0, 0.05) is 12.3 Å². The van der Waals surface area contributed by atoms with Gasteiger partial charge in [-0.3, -0.25) is 4.79 Å². The third-order valence-corrected chi connectivity index (χ3v) is 2.98. The Hall–Kier alpha value is -1.03. The average Bonchev–Trinajstić information content (AvgIpc) is 2.29. The van der Waals surface area contributed by atoms with E-state index in [2.05, 4.69) is 30.9 Å². The van der Waals surface area contributed by atoms with Gasteiger partial charge in [-0.15, -0.1) is 0 Å². The highest BCUT2D eigenvalue weighted by atomic mass is 16.1. The number of fused-ring (bicyclic) bond motifs is 1. The summed E-state index contributed by atoms with van der Waals surface area (Å²) in [6, 6.07) is 0. The van der Waals surface area contributed by atoms with Gasteiger partial charge in [0.2, 0.25) is 5.78 Å². The fourth-order valence-corrected chi connectivity index (χ4v) is 2.20. The molecule has 2 aliphatic carbocycles. The minimum atomic E-state index is 0.165. The first-order valence-corrected chi connectivity index (χ1v) is 4.98. The maximum absolute atomic E-state index is 11.6. The van der Waals surface area contributed by atoms with Gasteiger partial charge < -0.3 is 0 Å². The number of carbonyl (C=O) groups is 1. The molecule has 2 aliphatic rings. The van der Waals surface area contributed by atoms with Gasteiger partial charge >= 0.3 is 0 Å². The Morgan fingerprint density at radius 1 is 1.46 bits per heavy atom. The normalized spacial score (nSPS) is 37.3. The van der Waals surface area contributed by atoms with E-state index >= 15 is 0 Å². The highest BCUT2D eigenvalue weighted by Crippen LogP contribution is 2.32. The molecule has 1 nitrogen and oxygen atoms in total. The fourth-order valence-electron chi connectivity index (χ4n) is 2.20. The van der Waals surface area contributed by atoms with Crippen molar-refractivity contribution in [2.24, 2.45) is 17.8 Å². The van der Waals surface area contributed by atoms with E-state index in [9.17, 15) is 4.79 Å². The SMILES string of the molecule is C[C@@H]1C=C[C@@H]2CCC#CC(=O)[C@@H]2C1. The highest BCUT2D eigenvalue weighted by molar-refractivity contribution is 5.98. The van der Waals surface area contributed by atoms with Crippen molar-refractivity contribution in [3.05, 3.63) is 12.2 Å². The minimum absolute atomic E-state index is 0.165. The molecule has 0 saturated heterocycles. The van der Waals surface area contributed by atoms with Crippen LogP contribution in [-0.4, -0.2) is 5.78 Å². The van der Waals surface area contributed by atoms with Crippen LogP contribution < -0.4 is 0 Å². The molecule has 0 spiro atoms. The number of rotatable bonds is 0. The molecule has 0 N–H and O–H groups in total. The van der Waals surface area contributed by atoms with Gasteiger partial charge in [-0.05, 0) is 30.6 Å². The molecule has 0 saturated carbocycles. The van der Waals surface area contributed by atoms with Crippen molar-refractivity contribution in [1.29, 1.82) is 0 Å². The van der Waals surface area contributed by atoms with Crippen LogP contribution in [0, 0.1) is 29.6 Å². The molecule has 0 bridgehead atoms. The van der Waals surface area contributed by atoms with Crippen LogP contribution in [0.4, 0.5) is 0 Å². The summed E-state index contributed by atoms with van der Waals surface area (Å²) < 4.78 is 0. The van der Waals surface area contributed by atoms with Gasteiger partial charge in [-0.2, -0.15) is 0 Å². The van der Waals surface area contributed by atoms with Crippen molar-refractivity contribution in [2.75, 3.05) is 0 Å².